The van der Waals surface area contributed by atoms with Gasteiger partial charge in [-0.15, -0.1) is 11.3 Å². The molecule has 32 heavy (non-hydrogen) atoms. The first kappa shape index (κ1) is 22.6. The van der Waals surface area contributed by atoms with Crippen molar-refractivity contribution in [3.63, 3.8) is 0 Å². The molecule has 1 atom stereocenters. The highest BCUT2D eigenvalue weighted by Gasteiger charge is 2.25. The van der Waals surface area contributed by atoms with Crippen LogP contribution in [0.5, 0.6) is 11.5 Å². The minimum Gasteiger partial charge on any atom is -0.457 e. The number of aromatic nitrogens is 2. The highest BCUT2D eigenvalue weighted by Crippen LogP contribution is 2.31. The fourth-order valence-corrected chi connectivity index (χ4v) is 5.83. The number of piperidine rings is 1. The second-order valence-electron chi connectivity index (χ2n) is 7.96. The molecule has 1 N–H and O–H groups in total. The van der Waals surface area contributed by atoms with Crippen molar-refractivity contribution in [2.75, 3.05) is 26.4 Å². The summed E-state index contributed by atoms with van der Waals surface area (Å²) in [6.45, 7) is 1.23. The van der Waals surface area contributed by atoms with Crippen molar-refractivity contribution < 1.29 is 17.9 Å². The molecular formula is C22H26N4O4S2. The number of nitrogens with one attached hydrogen (secondary N) is 1. The molecule has 0 spiro atoms. The fourth-order valence-electron chi connectivity index (χ4n) is 3.88. The number of hydrogen-bond donors (Lipinski definition) is 1. The van der Waals surface area contributed by atoms with Crippen LogP contribution >= 0.6 is 11.3 Å². The predicted octanol–water partition coefficient (Wildman–Crippen LogP) is 3.45. The molecule has 170 valence electrons. The van der Waals surface area contributed by atoms with Crippen LogP contribution in [-0.4, -0.2) is 55.0 Å². The van der Waals surface area contributed by atoms with E-state index in [0.29, 0.717) is 36.2 Å². The monoisotopic (exact) mass is 474 g/mol. The Morgan fingerprint density at radius 1 is 1.28 bits per heavy atom. The number of rotatable bonds is 7. The van der Waals surface area contributed by atoms with Gasteiger partial charge in [-0.3, -0.25) is 9.78 Å². The molecule has 1 aliphatic rings. The Labute approximate surface area is 191 Å². The summed E-state index contributed by atoms with van der Waals surface area (Å²) in [6.07, 6.45) is 6.55. The number of amides is 1. The number of aryl methyl sites for hydroxylation is 1. The maximum Gasteiger partial charge on any atom is 0.269 e. The number of carbonyl (C=O) groups is 1. The molecule has 0 bridgehead atoms. The molecule has 0 aliphatic carbocycles. The first-order chi connectivity index (χ1) is 15.3. The zero-order valence-electron chi connectivity index (χ0n) is 18.1. The number of hydrogen-bond acceptors (Lipinski definition) is 7. The van der Waals surface area contributed by atoms with E-state index in [1.807, 2.05) is 18.2 Å². The summed E-state index contributed by atoms with van der Waals surface area (Å²) in [6, 6.07) is 9.04. The summed E-state index contributed by atoms with van der Waals surface area (Å²) < 4.78 is 32.2. The molecule has 1 fully saturated rings. The maximum absolute atomic E-state index is 11.8. The van der Waals surface area contributed by atoms with Crippen molar-refractivity contribution in [1.29, 1.82) is 0 Å². The van der Waals surface area contributed by atoms with Gasteiger partial charge in [-0.25, -0.2) is 17.7 Å². The van der Waals surface area contributed by atoms with Gasteiger partial charge in [0.1, 0.15) is 17.2 Å². The first-order valence-corrected chi connectivity index (χ1v) is 13.2. The molecule has 4 rings (SSSR count). The molecule has 1 aromatic carbocycles. The van der Waals surface area contributed by atoms with E-state index >= 15 is 0 Å². The van der Waals surface area contributed by atoms with Crippen LogP contribution in [-0.2, 0) is 16.4 Å². The van der Waals surface area contributed by atoms with Crippen LogP contribution < -0.4 is 10.1 Å². The molecule has 3 aromatic rings. The molecule has 10 heteroatoms. The molecule has 1 aliphatic heterocycles. The number of ether oxygens (including phenoxy) is 1. The summed E-state index contributed by atoms with van der Waals surface area (Å²) in [4.78, 5) is 20.5. The average molecular weight is 475 g/mol. The zero-order valence-corrected chi connectivity index (χ0v) is 19.7. The lowest BCUT2D eigenvalue weighted by molar-refractivity contribution is 0.0958. The van der Waals surface area contributed by atoms with Gasteiger partial charge in [0, 0.05) is 38.5 Å². The van der Waals surface area contributed by atoms with Gasteiger partial charge in [0.15, 0.2) is 0 Å². The van der Waals surface area contributed by atoms with Crippen molar-refractivity contribution in [2.45, 2.75) is 25.7 Å². The van der Waals surface area contributed by atoms with E-state index in [1.165, 1.54) is 6.26 Å². The highest BCUT2D eigenvalue weighted by molar-refractivity contribution is 7.88. The molecular weight excluding hydrogens is 448 g/mol. The van der Waals surface area contributed by atoms with E-state index in [4.69, 9.17) is 9.72 Å². The second-order valence-corrected chi connectivity index (χ2v) is 11.1. The molecule has 8 nitrogen and oxygen atoms in total. The minimum absolute atomic E-state index is 0.268. The van der Waals surface area contributed by atoms with Crippen LogP contribution in [0.2, 0.25) is 0 Å². The third-order valence-electron chi connectivity index (χ3n) is 5.55. The van der Waals surface area contributed by atoms with Gasteiger partial charge < -0.3 is 10.1 Å². The van der Waals surface area contributed by atoms with E-state index in [9.17, 15) is 13.2 Å². The van der Waals surface area contributed by atoms with Crippen molar-refractivity contribution in [1.82, 2.24) is 19.6 Å². The van der Waals surface area contributed by atoms with Crippen LogP contribution in [0.4, 0.5) is 0 Å². The predicted molar refractivity (Wildman–Crippen MR) is 125 cm³/mol. The van der Waals surface area contributed by atoms with E-state index in [-0.39, 0.29) is 5.91 Å². The van der Waals surface area contributed by atoms with Gasteiger partial charge in [0.25, 0.3) is 5.91 Å². The third-order valence-corrected chi connectivity index (χ3v) is 7.90. The lowest BCUT2D eigenvalue weighted by atomic mass is 9.95. The molecule has 1 saturated heterocycles. The zero-order chi connectivity index (χ0) is 22.7. The average Bonchev–Trinajstić information content (AvgIpc) is 3.19. The Bertz CT molecular complexity index is 1230. The lowest BCUT2D eigenvalue weighted by Gasteiger charge is -2.30. The summed E-state index contributed by atoms with van der Waals surface area (Å²) in [5.74, 6) is 1.30. The van der Waals surface area contributed by atoms with Gasteiger partial charge in [-0.2, -0.15) is 0 Å². The van der Waals surface area contributed by atoms with Crippen molar-refractivity contribution in [2.24, 2.45) is 5.92 Å². The Hall–Kier alpha value is -2.56. The van der Waals surface area contributed by atoms with Crippen LogP contribution in [0.15, 0.2) is 36.5 Å². The van der Waals surface area contributed by atoms with Crippen molar-refractivity contribution >= 4 is 37.5 Å². The standard InChI is InChI=1S/C22H26N4O4S2/c1-23-22(27)19-12-17(9-10-24-19)30-16-6-7-18-20(13-16)31-21(25-18)8-5-15-4-3-11-26(14-15)32(2,28)29/h6-7,9-10,12-13,15H,3-5,8,11,14H2,1-2H3,(H,23,27). The molecule has 0 saturated carbocycles. The summed E-state index contributed by atoms with van der Waals surface area (Å²) in [5, 5.41) is 3.59. The van der Waals surface area contributed by atoms with Crippen LogP contribution in [0.3, 0.4) is 0 Å². The number of thiazole rings is 1. The van der Waals surface area contributed by atoms with Crippen LogP contribution in [0, 0.1) is 5.92 Å². The van der Waals surface area contributed by atoms with Crippen LogP contribution in [0.1, 0.15) is 34.8 Å². The lowest BCUT2D eigenvalue weighted by Crippen LogP contribution is -2.39. The number of fused-ring (bicyclic) bond motifs is 1. The van der Waals surface area contributed by atoms with Crippen molar-refractivity contribution in [3.8, 4) is 11.5 Å². The summed E-state index contributed by atoms with van der Waals surface area (Å²) in [5.41, 5.74) is 1.21. The molecule has 2 aromatic heterocycles. The largest absolute Gasteiger partial charge is 0.457 e. The Morgan fingerprint density at radius 2 is 2.09 bits per heavy atom. The van der Waals surface area contributed by atoms with Gasteiger partial charge in [0.05, 0.1) is 21.5 Å². The fraction of sp³-hybridized carbons (Fsp3) is 0.409. The van der Waals surface area contributed by atoms with Gasteiger partial charge >= 0.3 is 0 Å². The topological polar surface area (TPSA) is 101 Å². The Morgan fingerprint density at radius 3 is 2.88 bits per heavy atom. The quantitative estimate of drug-likeness (QED) is 0.563. The van der Waals surface area contributed by atoms with Gasteiger partial charge in [-0.05, 0) is 49.8 Å². The van der Waals surface area contributed by atoms with Crippen molar-refractivity contribution in [3.05, 3.63) is 47.2 Å². The van der Waals surface area contributed by atoms with E-state index in [2.05, 4.69) is 10.3 Å². The summed E-state index contributed by atoms with van der Waals surface area (Å²) >= 11 is 1.63. The number of sulfonamides is 1. The molecule has 0 radical (unpaired) electrons. The van der Waals surface area contributed by atoms with E-state index in [1.54, 1.807) is 41.0 Å². The molecule has 3 heterocycles. The molecule has 1 amide bonds. The Balaban J connectivity index is 1.41. The van der Waals surface area contributed by atoms with E-state index < -0.39 is 10.0 Å². The number of pyridine rings is 1. The Kier molecular flexibility index (Phi) is 6.73. The molecule has 1 unspecified atom stereocenters. The smallest absolute Gasteiger partial charge is 0.269 e. The number of carbonyl (C=O) groups excluding carboxylic acids is 1. The summed E-state index contributed by atoms with van der Waals surface area (Å²) in [7, 11) is -1.56. The highest BCUT2D eigenvalue weighted by atomic mass is 32.2. The maximum atomic E-state index is 11.8. The van der Waals surface area contributed by atoms with Crippen LogP contribution in [0.25, 0.3) is 10.2 Å². The third kappa shape index (κ3) is 5.43. The SMILES string of the molecule is CNC(=O)c1cc(Oc2ccc3nc(CCC4CCCN(S(C)(=O)=O)C4)sc3c2)ccn1. The normalized spacial score (nSPS) is 17.4. The van der Waals surface area contributed by atoms with Gasteiger partial charge in [-0.1, -0.05) is 0 Å². The number of nitrogens with zero attached hydrogens (tertiary/aromatic N) is 3. The minimum atomic E-state index is -3.12. The second kappa shape index (κ2) is 9.51. The number of benzene rings is 1. The van der Waals surface area contributed by atoms with Gasteiger partial charge in [0.2, 0.25) is 10.0 Å². The van der Waals surface area contributed by atoms with E-state index in [0.717, 1.165) is 40.9 Å². The first-order valence-electron chi connectivity index (χ1n) is 10.5.